The maximum atomic E-state index is 11.5. The molecular formula is C11H22OS. The van der Waals surface area contributed by atoms with Crippen molar-refractivity contribution in [2.45, 2.75) is 46.3 Å². The topological polar surface area (TPSA) is 17.1 Å². The normalized spacial score (nSPS) is 15.8. The second kappa shape index (κ2) is 6.47. The summed E-state index contributed by atoms with van der Waals surface area (Å²) >= 11 is 1.79. The summed E-state index contributed by atoms with van der Waals surface area (Å²) in [5.41, 5.74) is 0. The number of Topliss-reactive ketones (excluding diaryl/α,β-unsaturated/α-hetero) is 1. The highest BCUT2D eigenvalue weighted by molar-refractivity contribution is 8.00. The van der Waals surface area contributed by atoms with Crippen molar-refractivity contribution in [1.29, 1.82) is 0 Å². The molecule has 0 fully saturated rings. The SMILES string of the molecule is CCC(C)C(=O)CSC(C)C(C)C. The first-order valence-corrected chi connectivity index (χ1v) is 6.18. The van der Waals surface area contributed by atoms with Gasteiger partial charge in [-0.05, 0) is 12.3 Å². The van der Waals surface area contributed by atoms with Gasteiger partial charge in [0.25, 0.3) is 0 Å². The lowest BCUT2D eigenvalue weighted by Crippen LogP contribution is -2.16. The van der Waals surface area contributed by atoms with Crippen LogP contribution in [0.25, 0.3) is 0 Å². The van der Waals surface area contributed by atoms with E-state index < -0.39 is 0 Å². The Kier molecular flexibility index (Phi) is 6.48. The van der Waals surface area contributed by atoms with Crippen LogP contribution in [0.3, 0.4) is 0 Å². The lowest BCUT2D eigenvalue weighted by molar-refractivity contribution is -0.119. The minimum absolute atomic E-state index is 0.242. The minimum atomic E-state index is 0.242. The largest absolute Gasteiger partial charge is 0.298 e. The van der Waals surface area contributed by atoms with E-state index >= 15 is 0 Å². The maximum absolute atomic E-state index is 11.5. The molecule has 1 nitrogen and oxygen atoms in total. The molecule has 2 heteroatoms. The van der Waals surface area contributed by atoms with Crippen LogP contribution < -0.4 is 0 Å². The van der Waals surface area contributed by atoms with Gasteiger partial charge in [0.1, 0.15) is 5.78 Å². The first kappa shape index (κ1) is 13.0. The number of rotatable bonds is 6. The molecule has 0 rings (SSSR count). The number of thioether (sulfide) groups is 1. The van der Waals surface area contributed by atoms with Gasteiger partial charge in [0.2, 0.25) is 0 Å². The van der Waals surface area contributed by atoms with Crippen molar-refractivity contribution in [3.63, 3.8) is 0 Å². The van der Waals surface area contributed by atoms with Gasteiger partial charge in [-0.1, -0.05) is 34.6 Å². The van der Waals surface area contributed by atoms with Crippen LogP contribution in [0.5, 0.6) is 0 Å². The molecule has 0 saturated heterocycles. The zero-order chi connectivity index (χ0) is 10.4. The molecule has 2 atom stereocenters. The molecule has 0 amide bonds. The Bertz CT molecular complexity index is 154. The fourth-order valence-electron chi connectivity index (χ4n) is 0.776. The summed E-state index contributed by atoms with van der Waals surface area (Å²) in [6.07, 6.45) is 0.968. The van der Waals surface area contributed by atoms with E-state index in [1.807, 2.05) is 6.92 Å². The number of carbonyl (C=O) groups excluding carboxylic acids is 1. The Hall–Kier alpha value is 0.0200. The summed E-state index contributed by atoms with van der Waals surface area (Å²) in [5, 5.41) is 0.591. The molecule has 0 bridgehead atoms. The monoisotopic (exact) mass is 202 g/mol. The second-order valence-corrected chi connectivity index (χ2v) is 5.40. The van der Waals surface area contributed by atoms with Crippen molar-refractivity contribution in [1.82, 2.24) is 0 Å². The maximum Gasteiger partial charge on any atom is 0.145 e. The summed E-state index contributed by atoms with van der Waals surface area (Å²) in [6.45, 7) is 10.7. The predicted molar refractivity (Wildman–Crippen MR) is 61.2 cm³/mol. The Labute approximate surface area is 86.7 Å². The first-order valence-electron chi connectivity index (χ1n) is 5.13. The van der Waals surface area contributed by atoms with Crippen molar-refractivity contribution in [3.05, 3.63) is 0 Å². The highest BCUT2D eigenvalue weighted by atomic mass is 32.2. The predicted octanol–water partition coefficient (Wildman–Crippen LogP) is 3.38. The van der Waals surface area contributed by atoms with E-state index in [9.17, 15) is 4.79 Å². The lowest BCUT2D eigenvalue weighted by atomic mass is 10.1. The first-order chi connectivity index (χ1) is 5.99. The van der Waals surface area contributed by atoms with Crippen LogP contribution in [-0.4, -0.2) is 16.8 Å². The van der Waals surface area contributed by atoms with Crippen LogP contribution in [0.2, 0.25) is 0 Å². The Balaban J connectivity index is 3.70. The van der Waals surface area contributed by atoms with Crippen LogP contribution in [0, 0.1) is 11.8 Å². The van der Waals surface area contributed by atoms with E-state index in [-0.39, 0.29) is 5.92 Å². The molecule has 0 N–H and O–H groups in total. The summed E-state index contributed by atoms with van der Waals surface area (Å²) < 4.78 is 0. The van der Waals surface area contributed by atoms with Gasteiger partial charge in [-0.15, -0.1) is 0 Å². The number of ketones is 1. The molecule has 0 heterocycles. The van der Waals surface area contributed by atoms with Gasteiger partial charge in [0, 0.05) is 11.2 Å². The Morgan fingerprint density at radius 2 is 1.77 bits per heavy atom. The van der Waals surface area contributed by atoms with Gasteiger partial charge in [-0.25, -0.2) is 0 Å². The zero-order valence-electron chi connectivity index (χ0n) is 9.46. The molecule has 0 aliphatic rings. The molecule has 0 aromatic rings. The van der Waals surface area contributed by atoms with Crippen LogP contribution in [0.15, 0.2) is 0 Å². The van der Waals surface area contributed by atoms with Crippen molar-refractivity contribution >= 4 is 17.5 Å². The van der Waals surface area contributed by atoms with Crippen LogP contribution >= 0.6 is 11.8 Å². The molecule has 2 unspecified atom stereocenters. The van der Waals surface area contributed by atoms with Gasteiger partial charge >= 0.3 is 0 Å². The lowest BCUT2D eigenvalue weighted by Gasteiger charge is -2.15. The van der Waals surface area contributed by atoms with Crippen molar-refractivity contribution in [2.24, 2.45) is 11.8 Å². The molecule has 0 spiro atoms. The fourth-order valence-corrected chi connectivity index (χ4v) is 1.87. The highest BCUT2D eigenvalue weighted by Crippen LogP contribution is 2.20. The van der Waals surface area contributed by atoms with Crippen LogP contribution in [0.4, 0.5) is 0 Å². The molecule has 0 radical (unpaired) electrons. The third-order valence-corrected chi connectivity index (χ3v) is 4.11. The van der Waals surface area contributed by atoms with Gasteiger partial charge in [0.05, 0.1) is 5.75 Å². The summed E-state index contributed by atoms with van der Waals surface area (Å²) in [6, 6.07) is 0. The van der Waals surface area contributed by atoms with E-state index in [0.717, 1.165) is 6.42 Å². The third-order valence-electron chi connectivity index (χ3n) is 2.59. The second-order valence-electron chi connectivity index (χ2n) is 4.04. The van der Waals surface area contributed by atoms with Crippen molar-refractivity contribution in [2.75, 3.05) is 5.75 Å². The van der Waals surface area contributed by atoms with Crippen molar-refractivity contribution < 1.29 is 4.79 Å². The Morgan fingerprint density at radius 3 is 2.15 bits per heavy atom. The smallest absolute Gasteiger partial charge is 0.145 e. The molecule has 13 heavy (non-hydrogen) atoms. The molecule has 0 aromatic carbocycles. The Morgan fingerprint density at radius 1 is 1.23 bits per heavy atom. The van der Waals surface area contributed by atoms with Crippen LogP contribution in [0.1, 0.15) is 41.0 Å². The van der Waals surface area contributed by atoms with E-state index in [1.54, 1.807) is 11.8 Å². The van der Waals surface area contributed by atoms with Gasteiger partial charge < -0.3 is 0 Å². The molecule has 0 aliphatic carbocycles. The minimum Gasteiger partial charge on any atom is -0.298 e. The number of carbonyl (C=O) groups is 1. The van der Waals surface area contributed by atoms with Crippen LogP contribution in [-0.2, 0) is 4.79 Å². The summed E-state index contributed by atoms with van der Waals surface area (Å²) in [5.74, 6) is 2.00. The van der Waals surface area contributed by atoms with Gasteiger partial charge in [-0.2, -0.15) is 11.8 Å². The van der Waals surface area contributed by atoms with E-state index in [1.165, 1.54) is 0 Å². The average molecular weight is 202 g/mol. The van der Waals surface area contributed by atoms with Gasteiger partial charge in [0.15, 0.2) is 0 Å². The molecular weight excluding hydrogens is 180 g/mol. The average Bonchev–Trinajstić information content (AvgIpc) is 2.11. The summed E-state index contributed by atoms with van der Waals surface area (Å²) in [7, 11) is 0. The van der Waals surface area contributed by atoms with Crippen molar-refractivity contribution in [3.8, 4) is 0 Å². The number of hydrogen-bond acceptors (Lipinski definition) is 2. The third kappa shape index (κ3) is 5.35. The van der Waals surface area contributed by atoms with E-state index in [4.69, 9.17) is 0 Å². The molecule has 0 aromatic heterocycles. The van der Waals surface area contributed by atoms with Gasteiger partial charge in [-0.3, -0.25) is 4.79 Å². The molecule has 78 valence electrons. The summed E-state index contributed by atoms with van der Waals surface area (Å²) in [4.78, 5) is 11.5. The quantitative estimate of drug-likeness (QED) is 0.657. The number of hydrogen-bond donors (Lipinski definition) is 0. The molecule has 0 saturated carbocycles. The zero-order valence-corrected chi connectivity index (χ0v) is 10.3. The highest BCUT2D eigenvalue weighted by Gasteiger charge is 2.14. The van der Waals surface area contributed by atoms with E-state index in [0.29, 0.717) is 22.7 Å². The standard InChI is InChI=1S/C11H22OS/c1-6-9(4)11(12)7-13-10(5)8(2)3/h8-10H,6-7H2,1-5H3. The fraction of sp³-hybridized carbons (Fsp3) is 0.909. The van der Waals surface area contributed by atoms with E-state index in [2.05, 4.69) is 27.7 Å². The molecule has 0 aliphatic heterocycles.